The highest BCUT2D eigenvalue weighted by atomic mass is 35.5. The van der Waals surface area contributed by atoms with Gasteiger partial charge < -0.3 is 11.1 Å². The minimum atomic E-state index is -0.520. The number of anilines is 3. The second-order valence-corrected chi connectivity index (χ2v) is 4.71. The quantitative estimate of drug-likeness (QED) is 0.780. The van der Waals surface area contributed by atoms with Gasteiger partial charge in [0.25, 0.3) is 0 Å². The Morgan fingerprint density at radius 1 is 1.11 bits per heavy atom. The predicted octanol–water partition coefficient (Wildman–Crippen LogP) is 4.77. The number of hydrogen-bond donors (Lipinski definition) is 2. The predicted molar refractivity (Wildman–Crippen MR) is 75.3 cm³/mol. The van der Waals surface area contributed by atoms with E-state index in [4.69, 9.17) is 28.9 Å². The molecule has 0 aliphatic rings. The number of nitrogen functional groups attached to an aromatic ring is 1. The van der Waals surface area contributed by atoms with E-state index in [0.29, 0.717) is 16.4 Å². The standard InChI is InChI=1S/C13H11Cl2FN2/c1-7-8(14)3-2-4-12(7)18-13-6-10(16)9(15)5-11(13)17/h2-6,18H,17H2,1H3. The summed E-state index contributed by atoms with van der Waals surface area (Å²) in [6, 6.07) is 8.07. The molecule has 0 atom stereocenters. The van der Waals surface area contributed by atoms with Crippen molar-refractivity contribution in [2.24, 2.45) is 0 Å². The largest absolute Gasteiger partial charge is 0.397 e. The average Bonchev–Trinajstić information content (AvgIpc) is 2.32. The van der Waals surface area contributed by atoms with Crippen molar-refractivity contribution in [2.75, 3.05) is 11.1 Å². The molecule has 2 rings (SSSR count). The Hall–Kier alpha value is -1.45. The summed E-state index contributed by atoms with van der Waals surface area (Å²) < 4.78 is 13.4. The molecule has 0 bridgehead atoms. The molecule has 0 unspecified atom stereocenters. The van der Waals surface area contributed by atoms with Gasteiger partial charge in [-0.25, -0.2) is 4.39 Å². The molecular formula is C13H11Cl2FN2. The minimum Gasteiger partial charge on any atom is -0.397 e. The molecule has 94 valence electrons. The van der Waals surface area contributed by atoms with Gasteiger partial charge in [0.15, 0.2) is 0 Å². The molecule has 0 aliphatic carbocycles. The van der Waals surface area contributed by atoms with Crippen molar-refractivity contribution in [1.82, 2.24) is 0 Å². The monoisotopic (exact) mass is 284 g/mol. The second kappa shape index (κ2) is 5.04. The molecule has 2 nitrogen and oxygen atoms in total. The van der Waals surface area contributed by atoms with Gasteiger partial charge in [-0.1, -0.05) is 29.3 Å². The summed E-state index contributed by atoms with van der Waals surface area (Å²) in [4.78, 5) is 0. The third-order valence-corrected chi connectivity index (χ3v) is 3.33. The molecule has 5 heteroatoms. The summed E-state index contributed by atoms with van der Waals surface area (Å²) in [6.07, 6.45) is 0. The van der Waals surface area contributed by atoms with Gasteiger partial charge in [-0.2, -0.15) is 0 Å². The molecule has 0 saturated carbocycles. The van der Waals surface area contributed by atoms with E-state index in [1.807, 2.05) is 13.0 Å². The molecule has 0 aliphatic heterocycles. The van der Waals surface area contributed by atoms with Crippen LogP contribution in [0.5, 0.6) is 0 Å². The maximum absolute atomic E-state index is 13.4. The van der Waals surface area contributed by atoms with Crippen LogP contribution in [0.2, 0.25) is 10.0 Å². The summed E-state index contributed by atoms with van der Waals surface area (Å²) in [6.45, 7) is 1.87. The van der Waals surface area contributed by atoms with Crippen LogP contribution >= 0.6 is 23.2 Å². The Morgan fingerprint density at radius 2 is 1.83 bits per heavy atom. The van der Waals surface area contributed by atoms with Gasteiger partial charge in [-0.05, 0) is 30.7 Å². The third-order valence-electron chi connectivity index (χ3n) is 2.63. The van der Waals surface area contributed by atoms with Crippen LogP contribution in [-0.4, -0.2) is 0 Å². The minimum absolute atomic E-state index is 0.000802. The second-order valence-electron chi connectivity index (χ2n) is 3.89. The molecule has 0 amide bonds. The zero-order valence-electron chi connectivity index (χ0n) is 9.60. The molecule has 0 aromatic heterocycles. The highest BCUT2D eigenvalue weighted by Crippen LogP contribution is 2.31. The van der Waals surface area contributed by atoms with Gasteiger partial charge in [0.2, 0.25) is 0 Å². The van der Waals surface area contributed by atoms with Gasteiger partial charge in [0.05, 0.1) is 16.4 Å². The maximum atomic E-state index is 13.4. The van der Waals surface area contributed by atoms with Crippen LogP contribution in [0.4, 0.5) is 21.5 Å². The van der Waals surface area contributed by atoms with E-state index >= 15 is 0 Å². The molecular weight excluding hydrogens is 274 g/mol. The molecule has 0 radical (unpaired) electrons. The van der Waals surface area contributed by atoms with Crippen molar-refractivity contribution in [3.05, 3.63) is 51.8 Å². The van der Waals surface area contributed by atoms with Crippen LogP contribution < -0.4 is 11.1 Å². The molecule has 2 aromatic rings. The van der Waals surface area contributed by atoms with E-state index in [-0.39, 0.29) is 5.02 Å². The van der Waals surface area contributed by atoms with Crippen LogP contribution in [-0.2, 0) is 0 Å². The zero-order valence-corrected chi connectivity index (χ0v) is 11.1. The van der Waals surface area contributed by atoms with Crippen molar-refractivity contribution >= 4 is 40.3 Å². The van der Waals surface area contributed by atoms with Crippen molar-refractivity contribution in [2.45, 2.75) is 6.92 Å². The maximum Gasteiger partial charge on any atom is 0.144 e. The van der Waals surface area contributed by atoms with Crippen molar-refractivity contribution in [3.63, 3.8) is 0 Å². The normalized spacial score (nSPS) is 10.4. The van der Waals surface area contributed by atoms with Crippen LogP contribution in [0.1, 0.15) is 5.56 Å². The first-order valence-electron chi connectivity index (χ1n) is 5.25. The van der Waals surface area contributed by atoms with Crippen LogP contribution in [0.15, 0.2) is 30.3 Å². The van der Waals surface area contributed by atoms with Gasteiger partial charge >= 0.3 is 0 Å². The lowest BCUT2D eigenvalue weighted by Gasteiger charge is -2.13. The number of nitrogens with two attached hydrogens (primary N) is 1. The lowest BCUT2D eigenvalue weighted by molar-refractivity contribution is 0.629. The van der Waals surface area contributed by atoms with E-state index in [9.17, 15) is 4.39 Å². The van der Waals surface area contributed by atoms with E-state index in [1.54, 1.807) is 12.1 Å². The first kappa shape index (κ1) is 13.0. The van der Waals surface area contributed by atoms with Gasteiger partial charge in [0, 0.05) is 16.8 Å². The number of rotatable bonds is 2. The van der Waals surface area contributed by atoms with Crippen LogP contribution in [0.3, 0.4) is 0 Å². The average molecular weight is 285 g/mol. The molecule has 2 aromatic carbocycles. The molecule has 0 spiro atoms. The first-order chi connectivity index (χ1) is 8.49. The fourth-order valence-electron chi connectivity index (χ4n) is 1.56. The molecule has 18 heavy (non-hydrogen) atoms. The summed E-state index contributed by atoms with van der Waals surface area (Å²) in [5, 5.41) is 3.67. The smallest absolute Gasteiger partial charge is 0.144 e. The zero-order chi connectivity index (χ0) is 13.3. The molecule has 0 heterocycles. The highest BCUT2D eigenvalue weighted by molar-refractivity contribution is 6.32. The topological polar surface area (TPSA) is 38.0 Å². The Bertz CT molecular complexity index is 600. The Kier molecular flexibility index (Phi) is 3.64. The summed E-state index contributed by atoms with van der Waals surface area (Å²) in [5.41, 5.74) is 8.26. The van der Waals surface area contributed by atoms with Crippen molar-refractivity contribution in [3.8, 4) is 0 Å². The number of nitrogens with one attached hydrogen (secondary N) is 1. The molecule has 0 fully saturated rings. The summed E-state index contributed by atoms with van der Waals surface area (Å²) >= 11 is 11.7. The van der Waals surface area contributed by atoms with E-state index in [1.165, 1.54) is 12.1 Å². The number of halogens is 3. The highest BCUT2D eigenvalue weighted by Gasteiger charge is 2.08. The fourth-order valence-corrected chi connectivity index (χ4v) is 1.91. The molecule has 3 N–H and O–H groups in total. The number of benzene rings is 2. The van der Waals surface area contributed by atoms with Gasteiger partial charge in [0.1, 0.15) is 5.82 Å². The van der Waals surface area contributed by atoms with Crippen LogP contribution in [0.25, 0.3) is 0 Å². The lowest BCUT2D eigenvalue weighted by atomic mass is 10.2. The Balaban J connectivity index is 2.40. The Morgan fingerprint density at radius 3 is 2.56 bits per heavy atom. The third kappa shape index (κ3) is 2.52. The van der Waals surface area contributed by atoms with E-state index in [0.717, 1.165) is 11.3 Å². The SMILES string of the molecule is Cc1c(Cl)cccc1Nc1cc(F)c(Cl)cc1N. The van der Waals surface area contributed by atoms with Crippen LogP contribution in [0, 0.1) is 12.7 Å². The lowest BCUT2D eigenvalue weighted by Crippen LogP contribution is -1.99. The number of hydrogen-bond acceptors (Lipinski definition) is 2. The van der Waals surface area contributed by atoms with Gasteiger partial charge in [-0.15, -0.1) is 0 Å². The first-order valence-corrected chi connectivity index (χ1v) is 6.01. The Labute approximate surface area is 115 Å². The summed E-state index contributed by atoms with van der Waals surface area (Å²) in [5.74, 6) is -0.520. The van der Waals surface area contributed by atoms with E-state index in [2.05, 4.69) is 5.32 Å². The van der Waals surface area contributed by atoms with Gasteiger partial charge in [-0.3, -0.25) is 0 Å². The summed E-state index contributed by atoms with van der Waals surface area (Å²) in [7, 11) is 0. The van der Waals surface area contributed by atoms with Crippen molar-refractivity contribution < 1.29 is 4.39 Å². The fraction of sp³-hybridized carbons (Fsp3) is 0.0769. The van der Waals surface area contributed by atoms with Crippen molar-refractivity contribution in [1.29, 1.82) is 0 Å². The van der Waals surface area contributed by atoms with E-state index < -0.39 is 5.82 Å². The molecule has 0 saturated heterocycles.